The van der Waals surface area contributed by atoms with Gasteiger partial charge in [0.05, 0.1) is 11.0 Å². The summed E-state index contributed by atoms with van der Waals surface area (Å²) in [4.78, 5) is 7.96. The molecule has 0 unspecified atom stereocenters. The second kappa shape index (κ2) is 6.38. The number of hydrogen-bond acceptors (Lipinski definition) is 5. The highest BCUT2D eigenvalue weighted by molar-refractivity contribution is 9.10. The van der Waals surface area contributed by atoms with Gasteiger partial charge in [-0.15, -0.1) is 0 Å². The van der Waals surface area contributed by atoms with E-state index in [4.69, 9.17) is 10.5 Å². The van der Waals surface area contributed by atoms with Crippen LogP contribution in [0.1, 0.15) is 5.56 Å². The third kappa shape index (κ3) is 4.10. The zero-order valence-electron chi connectivity index (χ0n) is 10.6. The average Bonchev–Trinajstić information content (AvgIpc) is 2.39. The molecule has 0 radical (unpaired) electrons. The van der Waals surface area contributed by atoms with Crippen LogP contribution in [0.5, 0.6) is 5.75 Å². The molecule has 0 aliphatic rings. The van der Waals surface area contributed by atoms with E-state index in [0.29, 0.717) is 19.0 Å². The lowest BCUT2D eigenvalue weighted by Crippen LogP contribution is -2.13. The van der Waals surface area contributed by atoms with Gasteiger partial charge in [-0.25, -0.2) is 4.98 Å². The number of hydrogen-bond donors (Lipinski definition) is 2. The number of ether oxygens (including phenoxy) is 1. The Balaban J connectivity index is 1.82. The van der Waals surface area contributed by atoms with E-state index in [0.717, 1.165) is 10.2 Å². The number of aromatic nitrogens is 2. The molecule has 0 aliphatic carbocycles. The van der Waals surface area contributed by atoms with Crippen LogP contribution in [0, 0.1) is 6.92 Å². The number of nitrogens with zero attached hydrogens (tertiary/aromatic N) is 2. The molecule has 100 valence electrons. The smallest absolute Gasteiger partial charge is 0.221 e. The van der Waals surface area contributed by atoms with Gasteiger partial charge in [-0.05, 0) is 40.5 Å². The number of benzene rings is 1. The zero-order valence-corrected chi connectivity index (χ0v) is 12.1. The van der Waals surface area contributed by atoms with Crippen LogP contribution in [0.2, 0.25) is 0 Å². The summed E-state index contributed by atoms with van der Waals surface area (Å²) >= 11 is 3.35. The maximum absolute atomic E-state index is 5.63. The number of rotatable bonds is 5. The number of aryl methyl sites for hydroxylation is 1. The molecule has 0 aliphatic heterocycles. The minimum absolute atomic E-state index is 0.241. The first-order valence-corrected chi connectivity index (χ1v) is 6.66. The number of nitrogen functional groups attached to an aromatic ring is 1. The van der Waals surface area contributed by atoms with E-state index in [1.54, 1.807) is 6.20 Å². The molecule has 0 atom stereocenters. The molecule has 2 aromatic rings. The highest BCUT2D eigenvalue weighted by Gasteiger charge is 2.02. The molecule has 0 amide bonds. The van der Waals surface area contributed by atoms with Crippen molar-refractivity contribution in [2.75, 3.05) is 24.2 Å². The molecular formula is C13H15BrN4O. The molecule has 1 aromatic heterocycles. The predicted octanol–water partition coefficient (Wildman–Crippen LogP) is 2.62. The number of anilines is 2. The van der Waals surface area contributed by atoms with Gasteiger partial charge in [-0.2, -0.15) is 4.98 Å². The Labute approximate surface area is 120 Å². The van der Waals surface area contributed by atoms with Gasteiger partial charge < -0.3 is 15.8 Å². The quantitative estimate of drug-likeness (QED) is 0.828. The van der Waals surface area contributed by atoms with E-state index in [2.05, 4.69) is 31.2 Å². The molecule has 0 saturated heterocycles. The molecule has 5 nitrogen and oxygen atoms in total. The van der Waals surface area contributed by atoms with Crippen molar-refractivity contribution in [3.05, 3.63) is 40.5 Å². The fourth-order valence-electron chi connectivity index (χ4n) is 1.55. The van der Waals surface area contributed by atoms with Crippen molar-refractivity contribution in [2.24, 2.45) is 0 Å². The first-order valence-electron chi connectivity index (χ1n) is 5.86. The summed E-state index contributed by atoms with van der Waals surface area (Å²) in [5, 5.41) is 3.14. The van der Waals surface area contributed by atoms with Gasteiger partial charge in [0, 0.05) is 6.20 Å². The Hall–Kier alpha value is -1.82. The fraction of sp³-hybridized carbons (Fsp3) is 0.231. The molecular weight excluding hydrogens is 308 g/mol. The van der Waals surface area contributed by atoms with E-state index in [1.165, 1.54) is 5.56 Å². The molecule has 1 aromatic carbocycles. The summed E-state index contributed by atoms with van der Waals surface area (Å²) in [6.07, 6.45) is 1.62. The lowest BCUT2D eigenvalue weighted by atomic mass is 10.2. The van der Waals surface area contributed by atoms with Crippen molar-refractivity contribution in [2.45, 2.75) is 6.92 Å². The van der Waals surface area contributed by atoms with Crippen LogP contribution in [0.15, 0.2) is 34.9 Å². The van der Waals surface area contributed by atoms with Crippen LogP contribution in [-0.2, 0) is 0 Å². The molecule has 0 bridgehead atoms. The summed E-state index contributed by atoms with van der Waals surface area (Å²) in [5.41, 5.74) is 6.70. The van der Waals surface area contributed by atoms with Gasteiger partial charge in [-0.1, -0.05) is 12.1 Å². The van der Waals surface area contributed by atoms with Gasteiger partial charge >= 0.3 is 0 Å². The Morgan fingerprint density at radius 3 is 3.05 bits per heavy atom. The molecule has 0 spiro atoms. The predicted molar refractivity (Wildman–Crippen MR) is 79.3 cm³/mol. The molecule has 1 heterocycles. The normalized spacial score (nSPS) is 10.2. The van der Waals surface area contributed by atoms with E-state index in [1.807, 2.05) is 31.2 Å². The third-order valence-electron chi connectivity index (χ3n) is 2.42. The first-order chi connectivity index (χ1) is 9.15. The second-order valence-corrected chi connectivity index (χ2v) is 4.87. The van der Waals surface area contributed by atoms with Gasteiger partial charge in [0.2, 0.25) is 5.95 Å². The van der Waals surface area contributed by atoms with Gasteiger partial charge in [0.1, 0.15) is 18.2 Å². The van der Waals surface area contributed by atoms with E-state index < -0.39 is 0 Å². The lowest BCUT2D eigenvalue weighted by Gasteiger charge is -2.09. The summed E-state index contributed by atoms with van der Waals surface area (Å²) in [6.45, 7) is 3.20. The Kier molecular flexibility index (Phi) is 4.57. The summed E-state index contributed by atoms with van der Waals surface area (Å²) in [6, 6.07) is 7.94. The fourth-order valence-corrected chi connectivity index (χ4v) is 1.88. The van der Waals surface area contributed by atoms with Crippen LogP contribution in [0.25, 0.3) is 0 Å². The van der Waals surface area contributed by atoms with Crippen LogP contribution in [-0.4, -0.2) is 23.1 Å². The standard InChI is InChI=1S/C13H15BrN4O/c1-9-3-2-4-10(7-9)19-6-5-16-12-11(14)8-17-13(15)18-12/h2-4,7-8H,5-6H2,1H3,(H3,15,16,17,18). The van der Waals surface area contributed by atoms with Crippen molar-refractivity contribution in [1.29, 1.82) is 0 Å². The zero-order chi connectivity index (χ0) is 13.7. The minimum Gasteiger partial charge on any atom is -0.492 e. The third-order valence-corrected chi connectivity index (χ3v) is 3.00. The number of nitrogens with two attached hydrogens (primary N) is 1. The first kappa shape index (κ1) is 13.6. The maximum atomic E-state index is 5.63. The van der Waals surface area contributed by atoms with Gasteiger partial charge in [-0.3, -0.25) is 0 Å². The lowest BCUT2D eigenvalue weighted by molar-refractivity contribution is 0.332. The van der Waals surface area contributed by atoms with Crippen molar-refractivity contribution in [3.8, 4) is 5.75 Å². The summed E-state index contributed by atoms with van der Waals surface area (Å²) in [7, 11) is 0. The SMILES string of the molecule is Cc1cccc(OCCNc2nc(N)ncc2Br)c1. The monoisotopic (exact) mass is 322 g/mol. The van der Waals surface area contributed by atoms with E-state index in [9.17, 15) is 0 Å². The van der Waals surface area contributed by atoms with Crippen LogP contribution < -0.4 is 15.8 Å². The second-order valence-electron chi connectivity index (χ2n) is 4.02. The van der Waals surface area contributed by atoms with Crippen molar-refractivity contribution in [3.63, 3.8) is 0 Å². The van der Waals surface area contributed by atoms with Crippen LogP contribution >= 0.6 is 15.9 Å². The van der Waals surface area contributed by atoms with Crippen LogP contribution in [0.4, 0.5) is 11.8 Å². The van der Waals surface area contributed by atoms with Crippen molar-refractivity contribution >= 4 is 27.7 Å². The Bertz CT molecular complexity index is 562. The largest absolute Gasteiger partial charge is 0.492 e. The van der Waals surface area contributed by atoms with Gasteiger partial charge in [0.25, 0.3) is 0 Å². The molecule has 0 fully saturated rings. The van der Waals surface area contributed by atoms with E-state index >= 15 is 0 Å². The molecule has 3 N–H and O–H groups in total. The molecule has 0 saturated carbocycles. The van der Waals surface area contributed by atoms with Crippen molar-refractivity contribution < 1.29 is 4.74 Å². The highest BCUT2D eigenvalue weighted by Crippen LogP contribution is 2.18. The van der Waals surface area contributed by atoms with E-state index in [-0.39, 0.29) is 5.95 Å². The number of halogens is 1. The Morgan fingerprint density at radius 1 is 1.42 bits per heavy atom. The minimum atomic E-state index is 0.241. The Morgan fingerprint density at radius 2 is 2.26 bits per heavy atom. The topological polar surface area (TPSA) is 73.1 Å². The average molecular weight is 323 g/mol. The molecule has 6 heteroatoms. The summed E-state index contributed by atoms with van der Waals surface area (Å²) in [5.74, 6) is 1.77. The highest BCUT2D eigenvalue weighted by atomic mass is 79.9. The molecule has 2 rings (SSSR count). The van der Waals surface area contributed by atoms with Crippen molar-refractivity contribution in [1.82, 2.24) is 9.97 Å². The maximum Gasteiger partial charge on any atom is 0.221 e. The molecule has 19 heavy (non-hydrogen) atoms. The number of nitrogens with one attached hydrogen (secondary N) is 1. The van der Waals surface area contributed by atoms with Crippen LogP contribution in [0.3, 0.4) is 0 Å². The summed E-state index contributed by atoms with van der Waals surface area (Å²) < 4.78 is 6.40. The van der Waals surface area contributed by atoms with Gasteiger partial charge in [0.15, 0.2) is 0 Å².